The number of anilines is 3. The fraction of sp³-hybridized carbons (Fsp3) is 0.158. The van der Waals surface area contributed by atoms with Crippen molar-refractivity contribution in [2.24, 2.45) is 0 Å². The lowest BCUT2D eigenvalue weighted by Crippen LogP contribution is -2.08. The standard InChI is InChI=1S/C19H18FN5O2/c1-12-3-4-13(2)16(9-12)24-19-17(25(26)27)18(22-11-23-19)21-10-14-5-7-15(20)8-6-14/h3-9,11H,10H2,1-2H3,(H2,21,22,23,24). The molecule has 1 aromatic heterocycles. The van der Waals surface area contributed by atoms with Crippen LogP contribution in [0.1, 0.15) is 16.7 Å². The van der Waals surface area contributed by atoms with Crippen LogP contribution in [0.3, 0.4) is 0 Å². The molecule has 27 heavy (non-hydrogen) atoms. The summed E-state index contributed by atoms with van der Waals surface area (Å²) in [7, 11) is 0. The van der Waals surface area contributed by atoms with Gasteiger partial charge in [-0.1, -0.05) is 24.3 Å². The number of aromatic nitrogens is 2. The molecule has 2 aromatic carbocycles. The maximum Gasteiger partial charge on any atom is 0.353 e. The molecule has 0 radical (unpaired) electrons. The van der Waals surface area contributed by atoms with Crippen molar-refractivity contribution in [2.45, 2.75) is 20.4 Å². The quantitative estimate of drug-likeness (QED) is 0.492. The number of hydrogen-bond donors (Lipinski definition) is 2. The van der Waals surface area contributed by atoms with Crippen LogP contribution in [-0.2, 0) is 6.54 Å². The van der Waals surface area contributed by atoms with E-state index < -0.39 is 4.92 Å². The number of halogens is 1. The molecule has 0 spiro atoms. The van der Waals surface area contributed by atoms with Gasteiger partial charge in [-0.25, -0.2) is 14.4 Å². The maximum atomic E-state index is 13.0. The summed E-state index contributed by atoms with van der Waals surface area (Å²) in [5.41, 5.74) is 3.22. The second-order valence-electron chi connectivity index (χ2n) is 6.10. The fourth-order valence-electron chi connectivity index (χ4n) is 2.56. The number of aryl methyl sites for hydroxylation is 2. The van der Waals surface area contributed by atoms with Crippen LogP contribution in [0, 0.1) is 29.8 Å². The molecule has 0 unspecified atom stereocenters. The van der Waals surface area contributed by atoms with Gasteiger partial charge in [0.2, 0.25) is 11.6 Å². The summed E-state index contributed by atoms with van der Waals surface area (Å²) in [5, 5.41) is 17.6. The zero-order valence-electron chi connectivity index (χ0n) is 14.9. The predicted octanol–water partition coefficient (Wildman–Crippen LogP) is 4.50. The summed E-state index contributed by atoms with van der Waals surface area (Å²) in [6.45, 7) is 4.11. The van der Waals surface area contributed by atoms with Crippen LogP contribution in [0.25, 0.3) is 0 Å². The zero-order valence-corrected chi connectivity index (χ0v) is 14.9. The Balaban J connectivity index is 1.89. The molecule has 0 atom stereocenters. The highest BCUT2D eigenvalue weighted by molar-refractivity contribution is 5.74. The Morgan fingerprint density at radius 3 is 2.48 bits per heavy atom. The minimum Gasteiger partial charge on any atom is -0.360 e. The van der Waals surface area contributed by atoms with E-state index in [4.69, 9.17) is 0 Å². The van der Waals surface area contributed by atoms with Crippen LogP contribution in [-0.4, -0.2) is 14.9 Å². The van der Waals surface area contributed by atoms with E-state index in [1.165, 1.54) is 18.5 Å². The SMILES string of the molecule is Cc1ccc(C)c(Nc2ncnc(NCc3ccc(F)cc3)c2[N+](=O)[O-])c1. The van der Waals surface area contributed by atoms with Crippen molar-refractivity contribution >= 4 is 23.0 Å². The van der Waals surface area contributed by atoms with Gasteiger partial charge in [0, 0.05) is 12.2 Å². The molecule has 0 aliphatic carbocycles. The van der Waals surface area contributed by atoms with Gasteiger partial charge in [-0.3, -0.25) is 10.1 Å². The van der Waals surface area contributed by atoms with E-state index in [1.807, 2.05) is 32.0 Å². The van der Waals surface area contributed by atoms with Crippen LogP contribution in [0.15, 0.2) is 48.8 Å². The van der Waals surface area contributed by atoms with E-state index in [0.717, 1.165) is 22.4 Å². The minimum atomic E-state index is -0.527. The predicted molar refractivity (Wildman–Crippen MR) is 102 cm³/mol. The number of benzene rings is 2. The van der Waals surface area contributed by atoms with Crippen molar-refractivity contribution in [3.05, 3.63) is 81.4 Å². The van der Waals surface area contributed by atoms with Crippen LogP contribution < -0.4 is 10.6 Å². The van der Waals surface area contributed by atoms with Crippen molar-refractivity contribution in [1.29, 1.82) is 0 Å². The first-order valence-electron chi connectivity index (χ1n) is 8.26. The van der Waals surface area contributed by atoms with Gasteiger partial charge in [-0.15, -0.1) is 0 Å². The van der Waals surface area contributed by atoms with E-state index >= 15 is 0 Å². The van der Waals surface area contributed by atoms with Crippen LogP contribution in [0.2, 0.25) is 0 Å². The molecule has 138 valence electrons. The highest BCUT2D eigenvalue weighted by Crippen LogP contribution is 2.32. The van der Waals surface area contributed by atoms with E-state index in [9.17, 15) is 14.5 Å². The normalized spacial score (nSPS) is 10.5. The third-order valence-corrected chi connectivity index (χ3v) is 4.02. The number of rotatable bonds is 6. The molecule has 3 rings (SSSR count). The van der Waals surface area contributed by atoms with Gasteiger partial charge in [0.25, 0.3) is 0 Å². The van der Waals surface area contributed by atoms with Crippen molar-refractivity contribution in [2.75, 3.05) is 10.6 Å². The number of hydrogen-bond acceptors (Lipinski definition) is 6. The number of nitrogens with zero attached hydrogens (tertiary/aromatic N) is 3. The summed E-state index contributed by atoms with van der Waals surface area (Å²) in [6.07, 6.45) is 1.26. The topological polar surface area (TPSA) is 93.0 Å². The Morgan fingerprint density at radius 1 is 1.07 bits per heavy atom. The minimum absolute atomic E-state index is 0.0899. The highest BCUT2D eigenvalue weighted by atomic mass is 19.1. The summed E-state index contributed by atoms with van der Waals surface area (Å²) in [4.78, 5) is 19.1. The van der Waals surface area contributed by atoms with Gasteiger partial charge in [0.15, 0.2) is 0 Å². The van der Waals surface area contributed by atoms with Gasteiger partial charge in [0.05, 0.1) is 4.92 Å². The van der Waals surface area contributed by atoms with E-state index in [-0.39, 0.29) is 29.7 Å². The first-order chi connectivity index (χ1) is 12.9. The smallest absolute Gasteiger partial charge is 0.353 e. The van der Waals surface area contributed by atoms with E-state index in [2.05, 4.69) is 20.6 Å². The number of nitrogens with one attached hydrogen (secondary N) is 2. The Bertz CT molecular complexity index is 976. The lowest BCUT2D eigenvalue weighted by Gasteiger charge is -2.12. The molecule has 0 bridgehead atoms. The van der Waals surface area contributed by atoms with Crippen LogP contribution in [0.5, 0.6) is 0 Å². The molecule has 2 N–H and O–H groups in total. The first kappa shape index (κ1) is 18.2. The Labute approximate surface area is 155 Å². The van der Waals surface area contributed by atoms with Crippen LogP contribution in [0.4, 0.5) is 27.4 Å². The molecule has 0 aliphatic heterocycles. The largest absolute Gasteiger partial charge is 0.360 e. The average Bonchev–Trinajstić information content (AvgIpc) is 2.64. The second-order valence-corrected chi connectivity index (χ2v) is 6.10. The summed E-state index contributed by atoms with van der Waals surface area (Å²) in [5.74, 6) is -0.149. The lowest BCUT2D eigenvalue weighted by atomic mass is 10.1. The van der Waals surface area contributed by atoms with Gasteiger partial charge >= 0.3 is 5.69 Å². The maximum absolute atomic E-state index is 13.0. The molecule has 8 heteroatoms. The van der Waals surface area contributed by atoms with E-state index in [1.54, 1.807) is 12.1 Å². The van der Waals surface area contributed by atoms with Crippen LogP contribution >= 0.6 is 0 Å². The van der Waals surface area contributed by atoms with Gasteiger partial charge in [0.1, 0.15) is 12.1 Å². The lowest BCUT2D eigenvalue weighted by molar-refractivity contribution is -0.383. The molecule has 0 saturated heterocycles. The van der Waals surface area contributed by atoms with Gasteiger partial charge in [-0.2, -0.15) is 0 Å². The van der Waals surface area contributed by atoms with Gasteiger partial charge < -0.3 is 10.6 Å². The van der Waals surface area contributed by atoms with Crippen molar-refractivity contribution in [1.82, 2.24) is 9.97 Å². The second kappa shape index (κ2) is 7.77. The Hall–Kier alpha value is -3.55. The highest BCUT2D eigenvalue weighted by Gasteiger charge is 2.23. The zero-order chi connectivity index (χ0) is 19.4. The molecule has 0 fully saturated rings. The van der Waals surface area contributed by atoms with Crippen molar-refractivity contribution in [3.63, 3.8) is 0 Å². The molecular formula is C19H18FN5O2. The monoisotopic (exact) mass is 367 g/mol. The molecule has 1 heterocycles. The third-order valence-electron chi connectivity index (χ3n) is 4.02. The molecule has 3 aromatic rings. The molecular weight excluding hydrogens is 349 g/mol. The van der Waals surface area contributed by atoms with Crippen molar-refractivity contribution in [3.8, 4) is 0 Å². The van der Waals surface area contributed by atoms with E-state index in [0.29, 0.717) is 0 Å². The average molecular weight is 367 g/mol. The first-order valence-corrected chi connectivity index (χ1v) is 8.26. The Kier molecular flexibility index (Phi) is 5.25. The summed E-state index contributed by atoms with van der Waals surface area (Å²) >= 11 is 0. The van der Waals surface area contributed by atoms with Gasteiger partial charge in [-0.05, 0) is 48.7 Å². The molecule has 0 aliphatic rings. The molecule has 7 nitrogen and oxygen atoms in total. The molecule has 0 saturated carbocycles. The van der Waals surface area contributed by atoms with Crippen molar-refractivity contribution < 1.29 is 9.31 Å². The summed E-state index contributed by atoms with van der Waals surface area (Å²) in [6, 6.07) is 11.7. The fourth-order valence-corrected chi connectivity index (χ4v) is 2.56. The third kappa shape index (κ3) is 4.35. The summed E-state index contributed by atoms with van der Waals surface area (Å²) < 4.78 is 13.0. The Morgan fingerprint density at radius 2 is 1.78 bits per heavy atom. The number of nitro groups is 1. The molecule has 0 amide bonds.